The highest BCUT2D eigenvalue weighted by molar-refractivity contribution is 8.00. The van der Waals surface area contributed by atoms with Crippen molar-refractivity contribution in [3.63, 3.8) is 0 Å². The molecular formula is C21H26N2O3S. The molecule has 5 nitrogen and oxygen atoms in total. The van der Waals surface area contributed by atoms with Crippen molar-refractivity contribution in [1.29, 1.82) is 0 Å². The summed E-state index contributed by atoms with van der Waals surface area (Å²) in [5.74, 6) is 0.762. The molecule has 1 N–H and O–H groups in total. The van der Waals surface area contributed by atoms with Crippen LogP contribution in [0, 0.1) is 20.8 Å². The Hall–Kier alpha value is -2.47. The van der Waals surface area contributed by atoms with Crippen LogP contribution < -0.4 is 10.1 Å². The second-order valence-electron chi connectivity index (χ2n) is 6.54. The minimum Gasteiger partial charge on any atom is -0.497 e. The number of nitrogens with zero attached hydrogens (tertiary/aromatic N) is 1. The number of benzene rings is 2. The smallest absolute Gasteiger partial charge is 0.243 e. The molecule has 27 heavy (non-hydrogen) atoms. The van der Waals surface area contributed by atoms with Crippen molar-refractivity contribution in [1.82, 2.24) is 4.90 Å². The third kappa shape index (κ3) is 6.03. The van der Waals surface area contributed by atoms with Gasteiger partial charge in [-0.05, 0) is 56.2 Å². The van der Waals surface area contributed by atoms with Crippen molar-refractivity contribution in [3.05, 3.63) is 53.1 Å². The first-order chi connectivity index (χ1) is 12.8. The second-order valence-corrected chi connectivity index (χ2v) is 7.58. The molecule has 0 spiro atoms. The zero-order valence-corrected chi connectivity index (χ0v) is 17.3. The molecule has 0 aliphatic heterocycles. The number of likely N-dealkylation sites (N-methyl/N-ethyl adjacent to an activating group) is 1. The van der Waals surface area contributed by atoms with E-state index in [0.717, 1.165) is 33.0 Å². The van der Waals surface area contributed by atoms with Gasteiger partial charge in [0.2, 0.25) is 11.8 Å². The molecular weight excluding hydrogens is 360 g/mol. The Balaban J connectivity index is 1.87. The summed E-state index contributed by atoms with van der Waals surface area (Å²) in [7, 11) is 3.26. The summed E-state index contributed by atoms with van der Waals surface area (Å²) in [5, 5.41) is 2.92. The third-order valence-electron chi connectivity index (χ3n) is 4.17. The molecule has 0 heterocycles. The number of rotatable bonds is 7. The first kappa shape index (κ1) is 20.8. The number of carbonyl (C=O) groups excluding carboxylic acids is 2. The topological polar surface area (TPSA) is 58.6 Å². The van der Waals surface area contributed by atoms with Gasteiger partial charge in [0.15, 0.2) is 0 Å². The van der Waals surface area contributed by atoms with Crippen LogP contribution in [-0.2, 0) is 9.59 Å². The second kappa shape index (κ2) is 9.46. The number of amides is 2. The van der Waals surface area contributed by atoms with Gasteiger partial charge in [-0.25, -0.2) is 0 Å². The Bertz CT molecular complexity index is 796. The van der Waals surface area contributed by atoms with Gasteiger partial charge in [-0.3, -0.25) is 9.59 Å². The van der Waals surface area contributed by atoms with Crippen LogP contribution in [0.2, 0.25) is 0 Å². The Kier molecular flexibility index (Phi) is 7.30. The summed E-state index contributed by atoms with van der Waals surface area (Å²) >= 11 is 1.44. The van der Waals surface area contributed by atoms with E-state index in [9.17, 15) is 9.59 Å². The van der Waals surface area contributed by atoms with E-state index in [0.29, 0.717) is 0 Å². The predicted molar refractivity (Wildman–Crippen MR) is 111 cm³/mol. The van der Waals surface area contributed by atoms with Crippen LogP contribution in [0.4, 0.5) is 5.69 Å². The van der Waals surface area contributed by atoms with Crippen molar-refractivity contribution in [2.24, 2.45) is 0 Å². The van der Waals surface area contributed by atoms with Crippen LogP contribution in [-0.4, -0.2) is 43.2 Å². The number of carbonyl (C=O) groups is 2. The number of hydrogen-bond donors (Lipinski definition) is 1. The SMILES string of the molecule is COc1ccc(SCC(=O)N(C)CC(=O)Nc2c(C)cc(C)cc2C)cc1. The van der Waals surface area contributed by atoms with E-state index in [2.05, 4.69) is 5.32 Å². The zero-order valence-electron chi connectivity index (χ0n) is 16.5. The minimum absolute atomic E-state index is 0.0226. The monoisotopic (exact) mass is 386 g/mol. The molecule has 0 radical (unpaired) electrons. The number of aryl methyl sites for hydroxylation is 3. The molecule has 0 unspecified atom stereocenters. The lowest BCUT2D eigenvalue weighted by molar-refractivity contribution is -0.131. The fraction of sp³-hybridized carbons (Fsp3) is 0.333. The van der Waals surface area contributed by atoms with Gasteiger partial charge in [0.25, 0.3) is 0 Å². The maximum atomic E-state index is 12.3. The average molecular weight is 387 g/mol. The number of thioether (sulfide) groups is 1. The first-order valence-corrected chi connectivity index (χ1v) is 9.67. The van der Waals surface area contributed by atoms with Crippen LogP contribution in [0.5, 0.6) is 5.75 Å². The quantitative estimate of drug-likeness (QED) is 0.735. The van der Waals surface area contributed by atoms with Gasteiger partial charge in [-0.15, -0.1) is 11.8 Å². The molecule has 0 aromatic heterocycles. The van der Waals surface area contributed by atoms with Crippen LogP contribution in [0.3, 0.4) is 0 Å². The summed E-state index contributed by atoms with van der Waals surface area (Å²) in [6, 6.07) is 11.6. The zero-order chi connectivity index (χ0) is 20.0. The van der Waals surface area contributed by atoms with E-state index in [4.69, 9.17) is 4.74 Å². The standard InChI is InChI=1S/C21H26N2O3S/c1-14-10-15(2)21(16(3)11-14)22-19(24)12-23(4)20(25)13-27-18-8-6-17(26-5)7-9-18/h6-11H,12-13H2,1-5H3,(H,22,24). The molecule has 2 aromatic carbocycles. The highest BCUT2D eigenvalue weighted by atomic mass is 32.2. The van der Waals surface area contributed by atoms with E-state index >= 15 is 0 Å². The number of anilines is 1. The Morgan fingerprint density at radius 1 is 1.07 bits per heavy atom. The fourth-order valence-corrected chi connectivity index (χ4v) is 3.63. The fourth-order valence-electron chi connectivity index (χ4n) is 2.79. The molecule has 0 atom stereocenters. The summed E-state index contributed by atoms with van der Waals surface area (Å²) in [5.41, 5.74) is 4.01. The maximum Gasteiger partial charge on any atom is 0.243 e. The summed E-state index contributed by atoms with van der Waals surface area (Å²) < 4.78 is 5.12. The van der Waals surface area contributed by atoms with Crippen molar-refractivity contribution >= 4 is 29.3 Å². The molecule has 0 saturated carbocycles. The number of nitrogens with one attached hydrogen (secondary N) is 1. The van der Waals surface area contributed by atoms with Gasteiger partial charge in [0.05, 0.1) is 19.4 Å². The summed E-state index contributed by atoms with van der Waals surface area (Å²) in [6.45, 7) is 5.99. The van der Waals surface area contributed by atoms with Crippen LogP contribution >= 0.6 is 11.8 Å². The van der Waals surface area contributed by atoms with E-state index in [1.165, 1.54) is 16.7 Å². The van der Waals surface area contributed by atoms with Gasteiger partial charge in [0.1, 0.15) is 5.75 Å². The van der Waals surface area contributed by atoms with Gasteiger partial charge >= 0.3 is 0 Å². The van der Waals surface area contributed by atoms with Gasteiger partial charge in [-0.2, -0.15) is 0 Å². The summed E-state index contributed by atoms with van der Waals surface area (Å²) in [4.78, 5) is 27.1. The van der Waals surface area contributed by atoms with Crippen LogP contribution in [0.25, 0.3) is 0 Å². The molecule has 0 bridgehead atoms. The van der Waals surface area contributed by atoms with Crippen LogP contribution in [0.15, 0.2) is 41.3 Å². The summed E-state index contributed by atoms with van der Waals surface area (Å²) in [6.07, 6.45) is 0. The Labute approximate surface area is 165 Å². The number of ether oxygens (including phenoxy) is 1. The lowest BCUT2D eigenvalue weighted by Crippen LogP contribution is -2.36. The highest BCUT2D eigenvalue weighted by Gasteiger charge is 2.15. The molecule has 0 aliphatic rings. The van der Waals surface area contributed by atoms with E-state index in [1.807, 2.05) is 57.2 Å². The highest BCUT2D eigenvalue weighted by Crippen LogP contribution is 2.23. The van der Waals surface area contributed by atoms with Crippen molar-refractivity contribution < 1.29 is 14.3 Å². The minimum atomic E-state index is -0.199. The lowest BCUT2D eigenvalue weighted by atomic mass is 10.1. The number of hydrogen-bond acceptors (Lipinski definition) is 4. The third-order valence-corrected chi connectivity index (χ3v) is 5.17. The molecule has 6 heteroatoms. The molecule has 2 rings (SSSR count). The Morgan fingerprint density at radius 3 is 2.22 bits per heavy atom. The molecule has 2 aromatic rings. The largest absolute Gasteiger partial charge is 0.497 e. The van der Waals surface area contributed by atoms with Gasteiger partial charge in [0, 0.05) is 17.6 Å². The normalized spacial score (nSPS) is 10.4. The molecule has 0 saturated heterocycles. The van der Waals surface area contributed by atoms with E-state index in [1.54, 1.807) is 14.2 Å². The molecule has 0 fully saturated rings. The van der Waals surface area contributed by atoms with Gasteiger partial charge < -0.3 is 15.0 Å². The number of methoxy groups -OCH3 is 1. The molecule has 2 amide bonds. The van der Waals surface area contributed by atoms with Crippen molar-refractivity contribution in [2.75, 3.05) is 31.8 Å². The van der Waals surface area contributed by atoms with E-state index < -0.39 is 0 Å². The predicted octanol–water partition coefficient (Wildman–Crippen LogP) is 3.81. The average Bonchev–Trinajstić information content (AvgIpc) is 2.63. The lowest BCUT2D eigenvalue weighted by Gasteiger charge is -2.18. The molecule has 0 aliphatic carbocycles. The van der Waals surface area contributed by atoms with Crippen LogP contribution in [0.1, 0.15) is 16.7 Å². The molecule has 144 valence electrons. The van der Waals surface area contributed by atoms with Crippen molar-refractivity contribution in [2.45, 2.75) is 25.7 Å². The first-order valence-electron chi connectivity index (χ1n) is 8.68. The maximum absolute atomic E-state index is 12.3. The van der Waals surface area contributed by atoms with Gasteiger partial charge in [-0.1, -0.05) is 17.7 Å². The van der Waals surface area contributed by atoms with Crippen molar-refractivity contribution in [3.8, 4) is 5.75 Å². The van der Waals surface area contributed by atoms with E-state index in [-0.39, 0.29) is 24.1 Å². The Morgan fingerprint density at radius 2 is 1.67 bits per heavy atom.